The molecule has 30 heavy (non-hydrogen) atoms. The molecule has 0 aromatic heterocycles. The Morgan fingerprint density at radius 2 is 1.97 bits per heavy atom. The first-order valence-electron chi connectivity index (χ1n) is 10.1. The van der Waals surface area contributed by atoms with Crippen LogP contribution in [0.5, 0.6) is 0 Å². The van der Waals surface area contributed by atoms with Crippen molar-refractivity contribution in [2.75, 3.05) is 20.1 Å². The minimum atomic E-state index is -0.201. The predicted molar refractivity (Wildman–Crippen MR) is 130 cm³/mol. The average Bonchev–Trinajstić information content (AvgIpc) is 3.11. The summed E-state index contributed by atoms with van der Waals surface area (Å²) in [6.07, 6.45) is 2.42. The molecule has 2 aromatic carbocycles. The third-order valence-electron chi connectivity index (χ3n) is 5.21. The van der Waals surface area contributed by atoms with Gasteiger partial charge in [0, 0.05) is 39.6 Å². The number of carbonyl (C=O) groups excluding carboxylic acids is 1. The van der Waals surface area contributed by atoms with Crippen molar-refractivity contribution < 1.29 is 9.18 Å². The highest BCUT2D eigenvalue weighted by atomic mass is 127. The first kappa shape index (κ1) is 24.1. The largest absolute Gasteiger partial charge is 0.356 e. The van der Waals surface area contributed by atoms with Gasteiger partial charge >= 0.3 is 0 Å². The number of aliphatic imine (C=N–C) groups is 1. The van der Waals surface area contributed by atoms with Gasteiger partial charge in [-0.25, -0.2) is 4.39 Å². The summed E-state index contributed by atoms with van der Waals surface area (Å²) in [5, 5.41) is 6.63. The van der Waals surface area contributed by atoms with E-state index in [0.29, 0.717) is 26.1 Å². The van der Waals surface area contributed by atoms with Crippen LogP contribution in [-0.4, -0.2) is 36.9 Å². The number of hydrogen-bond acceptors (Lipinski definition) is 2. The van der Waals surface area contributed by atoms with Gasteiger partial charge in [0.25, 0.3) is 0 Å². The zero-order valence-corrected chi connectivity index (χ0v) is 19.9. The van der Waals surface area contributed by atoms with E-state index in [4.69, 9.17) is 0 Å². The Morgan fingerprint density at radius 1 is 1.17 bits per heavy atom. The Bertz CT molecular complexity index is 887. The quantitative estimate of drug-likeness (QED) is 0.330. The van der Waals surface area contributed by atoms with Gasteiger partial charge in [-0.1, -0.05) is 30.3 Å². The summed E-state index contributed by atoms with van der Waals surface area (Å²) in [6, 6.07) is 13.2. The van der Waals surface area contributed by atoms with E-state index in [1.54, 1.807) is 13.1 Å². The number of hydrogen-bond donors (Lipinski definition) is 2. The van der Waals surface area contributed by atoms with Crippen LogP contribution in [0.1, 0.15) is 35.1 Å². The summed E-state index contributed by atoms with van der Waals surface area (Å²) < 4.78 is 13.2. The Hall–Kier alpha value is -2.16. The molecule has 2 aromatic rings. The number of carbonyl (C=O) groups is 1. The molecule has 162 valence electrons. The van der Waals surface area contributed by atoms with Crippen molar-refractivity contribution in [1.82, 2.24) is 15.5 Å². The fourth-order valence-electron chi connectivity index (χ4n) is 3.59. The maximum Gasteiger partial charge on any atom is 0.222 e. The Kier molecular flexibility index (Phi) is 9.55. The van der Waals surface area contributed by atoms with Gasteiger partial charge in [0.15, 0.2) is 5.96 Å². The van der Waals surface area contributed by atoms with E-state index in [-0.39, 0.29) is 35.7 Å². The molecule has 3 rings (SSSR count). The second-order valence-corrected chi connectivity index (χ2v) is 7.41. The van der Waals surface area contributed by atoms with Crippen molar-refractivity contribution in [3.8, 4) is 0 Å². The monoisotopic (exact) mass is 524 g/mol. The lowest BCUT2D eigenvalue weighted by Gasteiger charge is -2.16. The van der Waals surface area contributed by atoms with Gasteiger partial charge in [-0.15, -0.1) is 24.0 Å². The second-order valence-electron chi connectivity index (χ2n) is 7.41. The molecule has 1 aliphatic heterocycles. The molecule has 1 amide bonds. The molecule has 1 heterocycles. The lowest BCUT2D eigenvalue weighted by Crippen LogP contribution is -2.37. The van der Waals surface area contributed by atoms with Crippen LogP contribution in [0.3, 0.4) is 0 Å². The molecule has 1 saturated heterocycles. The van der Waals surface area contributed by atoms with E-state index in [0.717, 1.165) is 47.6 Å². The topological polar surface area (TPSA) is 56.7 Å². The fourth-order valence-corrected chi connectivity index (χ4v) is 3.59. The summed E-state index contributed by atoms with van der Waals surface area (Å²) in [7, 11) is 1.74. The maximum atomic E-state index is 13.2. The molecule has 0 spiro atoms. The minimum Gasteiger partial charge on any atom is -0.356 e. The average molecular weight is 524 g/mol. The van der Waals surface area contributed by atoms with Crippen LogP contribution < -0.4 is 10.6 Å². The van der Waals surface area contributed by atoms with E-state index >= 15 is 0 Å². The van der Waals surface area contributed by atoms with Crippen molar-refractivity contribution in [3.05, 3.63) is 70.5 Å². The molecule has 7 heteroatoms. The number of benzene rings is 2. The molecule has 0 radical (unpaired) electrons. The molecule has 0 unspecified atom stereocenters. The van der Waals surface area contributed by atoms with E-state index in [1.165, 1.54) is 6.07 Å². The van der Waals surface area contributed by atoms with E-state index in [1.807, 2.05) is 24.0 Å². The number of guanidine groups is 1. The van der Waals surface area contributed by atoms with Gasteiger partial charge in [-0.2, -0.15) is 0 Å². The first-order valence-corrected chi connectivity index (χ1v) is 10.1. The Morgan fingerprint density at radius 3 is 2.67 bits per heavy atom. The number of halogens is 2. The van der Waals surface area contributed by atoms with Gasteiger partial charge in [-0.3, -0.25) is 9.79 Å². The normalized spacial score (nSPS) is 13.9. The van der Waals surface area contributed by atoms with Crippen LogP contribution in [-0.2, 0) is 24.3 Å². The molecule has 2 N–H and O–H groups in total. The third kappa shape index (κ3) is 6.97. The van der Waals surface area contributed by atoms with E-state index in [9.17, 15) is 9.18 Å². The van der Waals surface area contributed by atoms with Crippen molar-refractivity contribution in [1.29, 1.82) is 0 Å². The lowest BCUT2D eigenvalue weighted by molar-refractivity contribution is -0.128. The number of nitrogens with one attached hydrogen (secondary N) is 2. The zero-order chi connectivity index (χ0) is 20.6. The van der Waals surface area contributed by atoms with Crippen molar-refractivity contribution >= 4 is 35.8 Å². The standard InChI is InChI=1S/C23H29FN4O.HI/c1-17-13-21(24)9-8-20(17)10-11-26-23(25-2)27-15-18-5-3-6-19(14-18)16-28-12-4-7-22(28)29;/h3,5-6,8-9,13-14H,4,7,10-12,15-16H2,1-2H3,(H2,25,26,27);1H. The molecule has 0 atom stereocenters. The number of aryl methyl sites for hydroxylation is 1. The minimum absolute atomic E-state index is 0. The predicted octanol–water partition coefficient (Wildman–Crippen LogP) is 3.78. The summed E-state index contributed by atoms with van der Waals surface area (Å²) in [4.78, 5) is 18.0. The Labute approximate surface area is 195 Å². The fraction of sp³-hybridized carbons (Fsp3) is 0.391. The molecule has 0 saturated carbocycles. The van der Waals surface area contributed by atoms with Crippen molar-refractivity contribution in [2.45, 2.75) is 39.3 Å². The molecule has 5 nitrogen and oxygen atoms in total. The van der Waals surface area contributed by atoms with Gasteiger partial charge in [0.05, 0.1) is 0 Å². The molecule has 1 aliphatic rings. The van der Waals surface area contributed by atoms with Crippen LogP contribution in [0.4, 0.5) is 4.39 Å². The van der Waals surface area contributed by atoms with Gasteiger partial charge in [-0.05, 0) is 54.2 Å². The summed E-state index contributed by atoms with van der Waals surface area (Å²) >= 11 is 0. The maximum absolute atomic E-state index is 13.2. The second kappa shape index (κ2) is 11.9. The highest BCUT2D eigenvalue weighted by Gasteiger charge is 2.19. The van der Waals surface area contributed by atoms with Crippen LogP contribution in [0, 0.1) is 12.7 Å². The van der Waals surface area contributed by atoms with Crippen molar-refractivity contribution in [2.24, 2.45) is 4.99 Å². The molecule has 0 bridgehead atoms. The summed E-state index contributed by atoms with van der Waals surface area (Å²) in [5.41, 5.74) is 4.38. The van der Waals surface area contributed by atoms with Gasteiger partial charge in [0.1, 0.15) is 5.82 Å². The van der Waals surface area contributed by atoms with Crippen LogP contribution in [0.15, 0.2) is 47.5 Å². The van der Waals surface area contributed by atoms with Gasteiger partial charge in [0.2, 0.25) is 5.91 Å². The van der Waals surface area contributed by atoms with Crippen LogP contribution in [0.2, 0.25) is 0 Å². The molecular formula is C23H30FIN4O. The highest BCUT2D eigenvalue weighted by Crippen LogP contribution is 2.15. The molecular weight excluding hydrogens is 494 g/mol. The van der Waals surface area contributed by atoms with Crippen molar-refractivity contribution in [3.63, 3.8) is 0 Å². The van der Waals surface area contributed by atoms with Crippen LogP contribution in [0.25, 0.3) is 0 Å². The number of rotatable bonds is 7. The number of amides is 1. The Balaban J connectivity index is 0.00000320. The van der Waals surface area contributed by atoms with Crippen LogP contribution >= 0.6 is 24.0 Å². The number of nitrogens with zero attached hydrogens (tertiary/aromatic N) is 2. The SMILES string of the molecule is CN=C(NCCc1ccc(F)cc1C)NCc1cccc(CN2CCCC2=O)c1.I. The summed E-state index contributed by atoms with van der Waals surface area (Å²) in [6.45, 7) is 4.82. The number of likely N-dealkylation sites (tertiary alicyclic amines) is 1. The first-order chi connectivity index (χ1) is 14.0. The van der Waals surface area contributed by atoms with E-state index < -0.39 is 0 Å². The molecule has 0 aliphatic carbocycles. The summed E-state index contributed by atoms with van der Waals surface area (Å²) in [5.74, 6) is 0.771. The zero-order valence-electron chi connectivity index (χ0n) is 17.6. The smallest absolute Gasteiger partial charge is 0.222 e. The third-order valence-corrected chi connectivity index (χ3v) is 5.21. The van der Waals surface area contributed by atoms with E-state index in [2.05, 4.69) is 33.8 Å². The van der Waals surface area contributed by atoms with Gasteiger partial charge < -0.3 is 15.5 Å². The lowest BCUT2D eigenvalue weighted by atomic mass is 10.1. The molecule has 1 fully saturated rings. The highest BCUT2D eigenvalue weighted by molar-refractivity contribution is 14.0.